The lowest BCUT2D eigenvalue weighted by Gasteiger charge is -2.08. The van der Waals surface area contributed by atoms with Crippen molar-refractivity contribution in [3.05, 3.63) is 76.1 Å². The molecule has 0 atom stereocenters. The van der Waals surface area contributed by atoms with Gasteiger partial charge in [-0.3, -0.25) is 4.79 Å². The number of carbonyl (C=O) groups excluding carboxylic acids is 1. The Bertz CT molecular complexity index is 900. The Morgan fingerprint density at radius 2 is 1.75 bits per heavy atom. The van der Waals surface area contributed by atoms with Crippen LogP contribution in [0.5, 0.6) is 0 Å². The fraction of sp³-hybridized carbons (Fsp3) is 0.158. The van der Waals surface area contributed by atoms with E-state index in [1.807, 2.05) is 62.4 Å². The van der Waals surface area contributed by atoms with Gasteiger partial charge in [0.1, 0.15) is 10.7 Å². The molecule has 0 radical (unpaired) electrons. The predicted octanol–water partition coefficient (Wildman–Crippen LogP) is 4.70. The van der Waals surface area contributed by atoms with E-state index < -0.39 is 0 Å². The maximum atomic E-state index is 12.6. The van der Waals surface area contributed by atoms with Gasteiger partial charge in [-0.05, 0) is 56.2 Å². The third-order valence-electron chi connectivity index (χ3n) is 4.00. The van der Waals surface area contributed by atoms with Gasteiger partial charge in [0.2, 0.25) is 0 Å². The molecule has 4 nitrogen and oxygen atoms in total. The van der Waals surface area contributed by atoms with E-state index in [1.54, 1.807) is 11.6 Å². The van der Waals surface area contributed by atoms with Crippen LogP contribution in [0.4, 0.5) is 5.69 Å². The third kappa shape index (κ3) is 3.05. The van der Waals surface area contributed by atoms with E-state index >= 15 is 0 Å². The first kappa shape index (κ1) is 16.3. The molecule has 1 N–H and O–H groups in total. The molecule has 2 aromatic carbocycles. The molecule has 3 aromatic rings. The molecule has 5 heteroatoms. The van der Waals surface area contributed by atoms with Crippen LogP contribution in [0.25, 0.3) is 5.69 Å². The summed E-state index contributed by atoms with van der Waals surface area (Å²) >= 11 is 6.42. The average Bonchev–Trinajstić information content (AvgIpc) is 2.86. The maximum Gasteiger partial charge on any atom is 0.260 e. The van der Waals surface area contributed by atoms with E-state index in [9.17, 15) is 4.79 Å². The second-order valence-corrected chi connectivity index (χ2v) is 6.11. The van der Waals surface area contributed by atoms with Gasteiger partial charge in [0, 0.05) is 5.69 Å². The lowest BCUT2D eigenvalue weighted by molar-refractivity contribution is 0.102. The molecule has 24 heavy (non-hydrogen) atoms. The zero-order valence-electron chi connectivity index (χ0n) is 13.8. The summed E-state index contributed by atoms with van der Waals surface area (Å²) in [6, 6.07) is 15.3. The smallest absolute Gasteiger partial charge is 0.260 e. The van der Waals surface area contributed by atoms with Gasteiger partial charge in [-0.25, -0.2) is 4.68 Å². The van der Waals surface area contributed by atoms with E-state index in [-0.39, 0.29) is 5.91 Å². The molecular formula is C19H18ClN3O. The standard InChI is InChI=1S/C19H18ClN3O/c1-12-9-10-15(11-13(12)2)21-19(24)17-14(3)22-23(18(17)20)16-7-5-4-6-8-16/h4-11H,1-3H3,(H,21,24). The zero-order chi connectivity index (χ0) is 17.3. The molecule has 0 saturated carbocycles. The molecule has 0 saturated heterocycles. The maximum absolute atomic E-state index is 12.6. The second kappa shape index (κ2) is 6.49. The summed E-state index contributed by atoms with van der Waals surface area (Å²) in [5, 5.41) is 7.60. The molecule has 0 aliphatic rings. The monoisotopic (exact) mass is 339 g/mol. The van der Waals surface area contributed by atoms with Gasteiger partial charge >= 0.3 is 0 Å². The van der Waals surface area contributed by atoms with Crippen LogP contribution in [0, 0.1) is 20.8 Å². The predicted molar refractivity (Wildman–Crippen MR) is 97.2 cm³/mol. The van der Waals surface area contributed by atoms with Crippen molar-refractivity contribution in [2.45, 2.75) is 20.8 Å². The van der Waals surface area contributed by atoms with Gasteiger partial charge in [0.25, 0.3) is 5.91 Å². The summed E-state index contributed by atoms with van der Waals surface area (Å²) in [6.45, 7) is 5.82. The van der Waals surface area contributed by atoms with Crippen molar-refractivity contribution in [3.63, 3.8) is 0 Å². The number of hydrogen-bond acceptors (Lipinski definition) is 2. The SMILES string of the molecule is Cc1ccc(NC(=O)c2c(C)nn(-c3ccccc3)c2Cl)cc1C. The molecule has 3 rings (SSSR count). The Hall–Kier alpha value is -2.59. The summed E-state index contributed by atoms with van der Waals surface area (Å²) in [7, 11) is 0. The number of para-hydroxylation sites is 1. The fourth-order valence-electron chi connectivity index (χ4n) is 2.51. The lowest BCUT2D eigenvalue weighted by Crippen LogP contribution is -2.13. The highest BCUT2D eigenvalue weighted by molar-refractivity contribution is 6.34. The second-order valence-electron chi connectivity index (χ2n) is 5.75. The molecule has 122 valence electrons. The first-order chi connectivity index (χ1) is 11.5. The van der Waals surface area contributed by atoms with Crippen molar-refractivity contribution in [2.24, 2.45) is 0 Å². The molecule has 0 aliphatic heterocycles. The molecule has 0 fully saturated rings. The number of carbonyl (C=O) groups is 1. The highest BCUT2D eigenvalue weighted by Gasteiger charge is 2.21. The number of aromatic nitrogens is 2. The van der Waals surface area contributed by atoms with Gasteiger partial charge in [0.15, 0.2) is 0 Å². The minimum absolute atomic E-state index is 0.261. The molecule has 1 heterocycles. The number of benzene rings is 2. The number of amides is 1. The van der Waals surface area contributed by atoms with Gasteiger partial charge in [-0.15, -0.1) is 0 Å². The minimum atomic E-state index is -0.261. The summed E-state index contributed by atoms with van der Waals surface area (Å²) in [4.78, 5) is 12.6. The van der Waals surface area contributed by atoms with E-state index in [0.717, 1.165) is 16.9 Å². The number of nitrogens with zero attached hydrogens (tertiary/aromatic N) is 2. The van der Waals surface area contributed by atoms with Gasteiger partial charge in [-0.1, -0.05) is 35.9 Å². The first-order valence-corrected chi connectivity index (χ1v) is 8.04. The van der Waals surface area contributed by atoms with Gasteiger partial charge < -0.3 is 5.32 Å². The van der Waals surface area contributed by atoms with Crippen molar-refractivity contribution in [3.8, 4) is 5.69 Å². The molecule has 0 bridgehead atoms. The fourth-order valence-corrected chi connectivity index (χ4v) is 2.87. The van der Waals surface area contributed by atoms with Crippen LogP contribution in [0.1, 0.15) is 27.2 Å². The first-order valence-electron chi connectivity index (χ1n) is 7.66. The topological polar surface area (TPSA) is 46.9 Å². The van der Waals surface area contributed by atoms with Crippen LogP contribution in [-0.2, 0) is 0 Å². The Balaban J connectivity index is 1.93. The minimum Gasteiger partial charge on any atom is -0.322 e. The quantitative estimate of drug-likeness (QED) is 0.751. The number of rotatable bonds is 3. The number of halogens is 1. The van der Waals surface area contributed by atoms with E-state index in [4.69, 9.17) is 11.6 Å². The summed E-state index contributed by atoms with van der Waals surface area (Å²) < 4.78 is 1.58. The highest BCUT2D eigenvalue weighted by Crippen LogP contribution is 2.25. The summed E-state index contributed by atoms with van der Waals surface area (Å²) in [5.74, 6) is -0.261. The van der Waals surface area contributed by atoms with Crippen LogP contribution in [-0.4, -0.2) is 15.7 Å². The third-order valence-corrected chi connectivity index (χ3v) is 4.35. The van der Waals surface area contributed by atoms with Crippen LogP contribution >= 0.6 is 11.6 Å². The molecule has 1 amide bonds. The van der Waals surface area contributed by atoms with Crippen molar-refractivity contribution in [2.75, 3.05) is 5.32 Å². The van der Waals surface area contributed by atoms with E-state index in [1.165, 1.54) is 5.56 Å². The Labute approximate surface area is 146 Å². The van der Waals surface area contributed by atoms with Gasteiger partial charge in [0.05, 0.1) is 11.4 Å². The number of hydrogen-bond donors (Lipinski definition) is 1. The van der Waals surface area contributed by atoms with Crippen molar-refractivity contribution >= 4 is 23.2 Å². The Kier molecular flexibility index (Phi) is 4.40. The van der Waals surface area contributed by atoms with Crippen molar-refractivity contribution in [1.29, 1.82) is 0 Å². The highest BCUT2D eigenvalue weighted by atomic mass is 35.5. The molecule has 1 aromatic heterocycles. The van der Waals surface area contributed by atoms with Crippen LogP contribution < -0.4 is 5.32 Å². The van der Waals surface area contributed by atoms with Gasteiger partial charge in [-0.2, -0.15) is 5.10 Å². The van der Waals surface area contributed by atoms with Crippen LogP contribution in [0.3, 0.4) is 0 Å². The van der Waals surface area contributed by atoms with E-state index in [2.05, 4.69) is 10.4 Å². The largest absolute Gasteiger partial charge is 0.322 e. The normalized spacial score (nSPS) is 10.7. The molecular weight excluding hydrogens is 322 g/mol. The Morgan fingerprint density at radius 3 is 2.42 bits per heavy atom. The lowest BCUT2D eigenvalue weighted by atomic mass is 10.1. The van der Waals surface area contributed by atoms with Crippen LogP contribution in [0.2, 0.25) is 5.15 Å². The number of nitrogens with one attached hydrogen (secondary N) is 1. The molecule has 0 unspecified atom stereocenters. The van der Waals surface area contributed by atoms with E-state index in [0.29, 0.717) is 16.4 Å². The molecule has 0 spiro atoms. The van der Waals surface area contributed by atoms with Crippen molar-refractivity contribution in [1.82, 2.24) is 9.78 Å². The molecule has 0 aliphatic carbocycles. The zero-order valence-corrected chi connectivity index (χ0v) is 14.6. The number of anilines is 1. The van der Waals surface area contributed by atoms with Crippen molar-refractivity contribution < 1.29 is 4.79 Å². The average molecular weight is 340 g/mol. The van der Waals surface area contributed by atoms with Crippen LogP contribution in [0.15, 0.2) is 48.5 Å². The number of aryl methyl sites for hydroxylation is 3. The summed E-state index contributed by atoms with van der Waals surface area (Å²) in [5.41, 5.74) is 4.83. The Morgan fingerprint density at radius 1 is 1.04 bits per heavy atom. The summed E-state index contributed by atoms with van der Waals surface area (Å²) in [6.07, 6.45) is 0.